The van der Waals surface area contributed by atoms with E-state index in [4.69, 9.17) is 14.2 Å². The van der Waals surface area contributed by atoms with Gasteiger partial charge in [0.15, 0.2) is 11.5 Å². The van der Waals surface area contributed by atoms with Gasteiger partial charge in [0, 0.05) is 30.4 Å². The van der Waals surface area contributed by atoms with Crippen molar-refractivity contribution in [1.29, 1.82) is 0 Å². The van der Waals surface area contributed by atoms with Gasteiger partial charge in [-0.1, -0.05) is 12.1 Å². The van der Waals surface area contributed by atoms with Crippen molar-refractivity contribution < 1.29 is 19.0 Å². The molecule has 1 aromatic carbocycles. The first-order valence-corrected chi connectivity index (χ1v) is 9.04. The maximum atomic E-state index is 11.8. The van der Waals surface area contributed by atoms with Gasteiger partial charge in [-0.05, 0) is 49.7 Å². The summed E-state index contributed by atoms with van der Waals surface area (Å²) in [6, 6.07) is 4.40. The summed E-state index contributed by atoms with van der Waals surface area (Å²) in [6.45, 7) is 2.43. The zero-order chi connectivity index (χ0) is 18.5. The first kappa shape index (κ1) is 17.2. The second-order valence-corrected chi connectivity index (χ2v) is 7.39. The highest BCUT2D eigenvalue weighted by Gasteiger charge is 2.52. The third kappa shape index (κ3) is 2.37. The van der Waals surface area contributed by atoms with E-state index in [1.165, 1.54) is 18.1 Å². The smallest absolute Gasteiger partial charge is 0.308 e. The Morgan fingerprint density at radius 2 is 2.04 bits per heavy atom. The van der Waals surface area contributed by atoms with E-state index in [0.29, 0.717) is 17.5 Å². The molecular weight excluding hydrogens is 330 g/mol. The fourth-order valence-corrected chi connectivity index (χ4v) is 4.90. The number of likely N-dealkylation sites (tertiary alicyclic amines) is 1. The van der Waals surface area contributed by atoms with E-state index in [2.05, 4.69) is 30.2 Å². The first-order valence-electron chi connectivity index (χ1n) is 9.04. The lowest BCUT2D eigenvalue weighted by Gasteiger charge is -2.54. The van der Waals surface area contributed by atoms with Crippen LogP contribution >= 0.6 is 0 Å². The lowest BCUT2D eigenvalue weighted by atomic mass is 9.57. The highest BCUT2D eigenvalue weighted by Crippen LogP contribution is 2.57. The Morgan fingerprint density at radius 1 is 1.23 bits per heavy atom. The Kier molecular flexibility index (Phi) is 4.07. The number of rotatable bonds is 3. The van der Waals surface area contributed by atoms with Crippen molar-refractivity contribution >= 4 is 5.97 Å². The average molecular weight is 355 g/mol. The molecule has 138 valence electrons. The topological polar surface area (TPSA) is 48.0 Å². The average Bonchev–Trinajstić information content (AvgIpc) is 2.63. The van der Waals surface area contributed by atoms with Gasteiger partial charge in [-0.3, -0.25) is 9.69 Å². The van der Waals surface area contributed by atoms with Crippen LogP contribution in [0.25, 0.3) is 0 Å². The van der Waals surface area contributed by atoms with Crippen LogP contribution in [0.15, 0.2) is 35.6 Å². The molecule has 0 spiro atoms. The van der Waals surface area contributed by atoms with Gasteiger partial charge in [0.2, 0.25) is 0 Å². The molecule has 26 heavy (non-hydrogen) atoms. The molecule has 2 aliphatic carbocycles. The van der Waals surface area contributed by atoms with Crippen LogP contribution in [0.4, 0.5) is 0 Å². The van der Waals surface area contributed by atoms with Crippen molar-refractivity contribution in [3.8, 4) is 11.5 Å². The molecule has 5 nitrogen and oxygen atoms in total. The van der Waals surface area contributed by atoms with Crippen molar-refractivity contribution in [3.63, 3.8) is 0 Å². The number of allylic oxidation sites excluding steroid dienone is 3. The molecule has 0 saturated carbocycles. The fourth-order valence-electron chi connectivity index (χ4n) is 4.90. The molecule has 1 aromatic rings. The predicted octanol–water partition coefficient (Wildman–Crippen LogP) is 2.98. The van der Waals surface area contributed by atoms with Gasteiger partial charge >= 0.3 is 5.97 Å². The number of carbonyl (C=O) groups excluding carboxylic acids is 1. The number of likely N-dealkylation sites (N-methyl/N-ethyl adjacent to an activating group) is 1. The van der Waals surface area contributed by atoms with E-state index in [-0.39, 0.29) is 11.4 Å². The third-order valence-electron chi connectivity index (χ3n) is 6.09. The standard InChI is InChI=1S/C21H25NO4/c1-13(23)26-20-18(25-4)8-5-14-11-17-16-7-6-15(24-3)12-21(16,19(14)20)9-10-22(17)2/h5-8,17H,9-12H2,1-4H3. The molecule has 5 heteroatoms. The van der Waals surface area contributed by atoms with Crippen LogP contribution in [0.2, 0.25) is 0 Å². The van der Waals surface area contributed by atoms with Gasteiger partial charge < -0.3 is 14.2 Å². The number of piperidine rings is 1. The van der Waals surface area contributed by atoms with Crippen molar-refractivity contribution in [2.45, 2.75) is 37.6 Å². The Bertz CT molecular complexity index is 826. The zero-order valence-electron chi connectivity index (χ0n) is 15.8. The summed E-state index contributed by atoms with van der Waals surface area (Å²) in [5.74, 6) is 1.82. The quantitative estimate of drug-likeness (QED) is 0.616. The molecule has 0 N–H and O–H groups in total. The highest BCUT2D eigenvalue weighted by atomic mass is 16.6. The Labute approximate surface area is 154 Å². The van der Waals surface area contributed by atoms with Gasteiger partial charge in [-0.2, -0.15) is 0 Å². The zero-order valence-corrected chi connectivity index (χ0v) is 15.8. The number of hydrogen-bond donors (Lipinski definition) is 0. The summed E-state index contributed by atoms with van der Waals surface area (Å²) in [4.78, 5) is 14.3. The van der Waals surface area contributed by atoms with Crippen LogP contribution in [0.1, 0.15) is 30.9 Å². The van der Waals surface area contributed by atoms with Gasteiger partial charge in [0.1, 0.15) is 0 Å². The molecule has 2 atom stereocenters. The van der Waals surface area contributed by atoms with Gasteiger partial charge in [0.25, 0.3) is 0 Å². The normalized spacial score (nSPS) is 26.8. The highest BCUT2D eigenvalue weighted by molar-refractivity contribution is 5.73. The fraction of sp³-hybridized carbons (Fsp3) is 0.476. The number of esters is 1. The Morgan fingerprint density at radius 3 is 2.73 bits per heavy atom. The predicted molar refractivity (Wildman–Crippen MR) is 98.5 cm³/mol. The second kappa shape index (κ2) is 6.16. The van der Waals surface area contributed by atoms with Crippen molar-refractivity contribution in [2.24, 2.45) is 0 Å². The molecule has 1 fully saturated rings. The molecule has 1 heterocycles. The molecule has 1 saturated heterocycles. The lowest BCUT2D eigenvalue weighted by molar-refractivity contribution is -0.132. The summed E-state index contributed by atoms with van der Waals surface area (Å²) in [7, 11) is 5.52. The maximum Gasteiger partial charge on any atom is 0.308 e. The minimum absolute atomic E-state index is 0.204. The van der Waals surface area contributed by atoms with Crippen LogP contribution in [0.5, 0.6) is 11.5 Å². The number of benzene rings is 1. The van der Waals surface area contributed by atoms with Gasteiger partial charge in [-0.25, -0.2) is 0 Å². The monoisotopic (exact) mass is 355 g/mol. The molecule has 0 radical (unpaired) electrons. The summed E-state index contributed by atoms with van der Waals surface area (Å²) >= 11 is 0. The van der Waals surface area contributed by atoms with E-state index >= 15 is 0 Å². The van der Waals surface area contributed by atoms with Crippen molar-refractivity contribution in [1.82, 2.24) is 4.90 Å². The van der Waals surface area contributed by atoms with Crippen LogP contribution in [-0.2, 0) is 21.4 Å². The Hall–Kier alpha value is -2.27. The second-order valence-electron chi connectivity index (χ2n) is 7.39. The number of nitrogens with zero attached hydrogens (tertiary/aromatic N) is 1. The SMILES string of the molecule is COC1=CC=C2C3Cc4ccc(OC)c(OC(C)=O)c4C2(CCN3C)C1. The summed E-state index contributed by atoms with van der Waals surface area (Å²) < 4.78 is 16.9. The van der Waals surface area contributed by atoms with Crippen LogP contribution in [0, 0.1) is 0 Å². The number of ether oxygens (including phenoxy) is 3. The number of hydrogen-bond acceptors (Lipinski definition) is 5. The molecule has 2 bridgehead atoms. The third-order valence-corrected chi connectivity index (χ3v) is 6.09. The molecule has 3 aliphatic rings. The van der Waals surface area contributed by atoms with Crippen molar-refractivity contribution in [2.75, 3.05) is 27.8 Å². The lowest BCUT2D eigenvalue weighted by Crippen LogP contribution is -2.54. The molecule has 0 amide bonds. The van der Waals surface area contributed by atoms with Crippen molar-refractivity contribution in [3.05, 3.63) is 46.7 Å². The number of methoxy groups -OCH3 is 2. The number of fused-ring (bicyclic) bond motifs is 1. The summed E-state index contributed by atoms with van der Waals surface area (Å²) in [5, 5.41) is 0. The first-order chi connectivity index (χ1) is 12.5. The number of carbonyl (C=O) groups is 1. The van der Waals surface area contributed by atoms with Gasteiger partial charge in [0.05, 0.1) is 20.0 Å². The minimum atomic E-state index is -0.327. The van der Waals surface area contributed by atoms with E-state index in [1.807, 2.05) is 6.07 Å². The summed E-state index contributed by atoms with van der Waals surface area (Å²) in [5.41, 5.74) is 3.52. The molecule has 2 unspecified atom stereocenters. The molecular formula is C21H25NO4. The van der Waals surface area contributed by atoms with Gasteiger partial charge in [-0.15, -0.1) is 0 Å². The minimum Gasteiger partial charge on any atom is -0.501 e. The molecule has 4 rings (SSSR count). The van der Waals surface area contributed by atoms with E-state index in [1.54, 1.807) is 14.2 Å². The Balaban J connectivity index is 1.98. The molecule has 0 aromatic heterocycles. The van der Waals surface area contributed by atoms with Crippen LogP contribution < -0.4 is 9.47 Å². The van der Waals surface area contributed by atoms with E-state index in [0.717, 1.165) is 37.1 Å². The van der Waals surface area contributed by atoms with E-state index < -0.39 is 0 Å². The largest absolute Gasteiger partial charge is 0.501 e. The molecule has 1 aliphatic heterocycles. The van der Waals surface area contributed by atoms with Crippen LogP contribution in [0.3, 0.4) is 0 Å². The summed E-state index contributed by atoms with van der Waals surface area (Å²) in [6.07, 6.45) is 6.95. The van der Waals surface area contributed by atoms with Crippen LogP contribution in [-0.4, -0.2) is 44.7 Å². The maximum absolute atomic E-state index is 11.8. The van der Waals surface area contributed by atoms with E-state index in [9.17, 15) is 4.79 Å².